The molecule has 0 radical (unpaired) electrons. The monoisotopic (exact) mass is 407 g/mol. The van der Waals surface area contributed by atoms with Crippen molar-refractivity contribution in [3.8, 4) is 28.6 Å². The number of fused-ring (bicyclic) bond motifs is 1. The van der Waals surface area contributed by atoms with E-state index >= 15 is 0 Å². The fourth-order valence-electron chi connectivity index (χ4n) is 3.29. The highest BCUT2D eigenvalue weighted by Gasteiger charge is 2.19. The number of nitrogens with zero attached hydrogens (tertiary/aromatic N) is 5. The molecule has 2 aromatic heterocycles. The van der Waals surface area contributed by atoms with Crippen molar-refractivity contribution in [2.75, 3.05) is 5.32 Å². The number of nitriles is 1. The van der Waals surface area contributed by atoms with Crippen molar-refractivity contribution in [3.05, 3.63) is 78.0 Å². The van der Waals surface area contributed by atoms with Crippen LogP contribution >= 0.6 is 0 Å². The van der Waals surface area contributed by atoms with Gasteiger partial charge in [0.05, 0.1) is 22.7 Å². The fraction of sp³-hybridized carbons (Fsp3) is 0. The van der Waals surface area contributed by atoms with Gasteiger partial charge in [-0.1, -0.05) is 41.6 Å². The van der Waals surface area contributed by atoms with Gasteiger partial charge in [-0.15, -0.1) is 5.10 Å². The Bertz CT molecular complexity index is 1430. The maximum absolute atomic E-state index is 13.1. The lowest BCUT2D eigenvalue weighted by molar-refractivity contribution is 0.102. The van der Waals surface area contributed by atoms with Crippen molar-refractivity contribution in [1.82, 2.24) is 25.8 Å². The Morgan fingerprint density at radius 2 is 1.90 bits per heavy atom. The third-order valence-electron chi connectivity index (χ3n) is 4.79. The number of nitrogens with one attached hydrogen (secondary N) is 2. The van der Waals surface area contributed by atoms with E-state index in [0.717, 1.165) is 11.1 Å². The molecule has 0 fully saturated rings. The number of tetrazole rings is 1. The van der Waals surface area contributed by atoms with Crippen LogP contribution in [-0.2, 0) is 0 Å². The van der Waals surface area contributed by atoms with Gasteiger partial charge in [0.2, 0.25) is 0 Å². The molecule has 5 aromatic rings. The maximum atomic E-state index is 13.1. The number of rotatable bonds is 4. The van der Waals surface area contributed by atoms with E-state index in [9.17, 15) is 10.1 Å². The Morgan fingerprint density at radius 1 is 1.03 bits per heavy atom. The SMILES string of the molecule is N#Cc1ccc(NC(=O)c2noc3ccc(-c4ccccc4)cc23)c(-c2nnn[nH]2)c1. The van der Waals surface area contributed by atoms with E-state index in [1.807, 2.05) is 42.5 Å². The van der Waals surface area contributed by atoms with E-state index in [1.54, 1.807) is 24.3 Å². The van der Waals surface area contributed by atoms with E-state index in [0.29, 0.717) is 33.6 Å². The zero-order valence-electron chi connectivity index (χ0n) is 15.9. The number of hydrogen-bond acceptors (Lipinski definition) is 7. The Morgan fingerprint density at radius 3 is 2.68 bits per heavy atom. The fourth-order valence-corrected chi connectivity index (χ4v) is 3.29. The molecular formula is C22H13N7O2. The van der Waals surface area contributed by atoms with Crippen molar-refractivity contribution < 1.29 is 9.32 Å². The largest absolute Gasteiger partial charge is 0.355 e. The summed E-state index contributed by atoms with van der Waals surface area (Å²) in [5.41, 5.74) is 3.93. The zero-order valence-corrected chi connectivity index (χ0v) is 15.9. The minimum atomic E-state index is -0.456. The number of carbonyl (C=O) groups is 1. The predicted molar refractivity (Wildman–Crippen MR) is 112 cm³/mol. The summed E-state index contributed by atoms with van der Waals surface area (Å²) in [7, 11) is 0. The number of H-pyrrole nitrogens is 1. The number of carbonyl (C=O) groups excluding carboxylic acids is 1. The van der Waals surface area contributed by atoms with Crippen molar-refractivity contribution >= 4 is 22.6 Å². The molecule has 0 aliphatic rings. The summed E-state index contributed by atoms with van der Waals surface area (Å²) in [6.45, 7) is 0. The summed E-state index contributed by atoms with van der Waals surface area (Å²) >= 11 is 0. The van der Waals surface area contributed by atoms with Crippen LogP contribution < -0.4 is 5.32 Å². The molecule has 0 spiro atoms. The second-order valence-corrected chi connectivity index (χ2v) is 6.68. The molecule has 5 rings (SSSR count). The van der Waals surface area contributed by atoms with Gasteiger partial charge in [0, 0.05) is 5.56 Å². The standard InChI is InChI=1S/C22H13N7O2/c23-12-13-6-8-18(16(10-13)21-25-28-29-26-21)24-22(30)20-17-11-15(7-9-19(17)31-27-20)14-4-2-1-3-5-14/h1-11H,(H,24,30)(H,25,26,28,29). The first-order chi connectivity index (χ1) is 15.2. The highest BCUT2D eigenvalue weighted by Crippen LogP contribution is 2.29. The minimum absolute atomic E-state index is 0.152. The van der Waals surface area contributed by atoms with Crippen LogP contribution in [0.2, 0.25) is 0 Å². The zero-order chi connectivity index (χ0) is 21.2. The molecule has 31 heavy (non-hydrogen) atoms. The van der Waals surface area contributed by atoms with Crippen LogP contribution in [0.15, 0.2) is 71.3 Å². The number of hydrogen-bond donors (Lipinski definition) is 2. The molecule has 3 aromatic carbocycles. The van der Waals surface area contributed by atoms with Crippen LogP contribution in [0.5, 0.6) is 0 Å². The van der Waals surface area contributed by atoms with Gasteiger partial charge in [-0.2, -0.15) is 5.26 Å². The van der Waals surface area contributed by atoms with E-state index < -0.39 is 5.91 Å². The summed E-state index contributed by atoms with van der Waals surface area (Å²) < 4.78 is 5.35. The molecule has 0 bridgehead atoms. The van der Waals surface area contributed by atoms with Gasteiger partial charge in [0.15, 0.2) is 17.1 Å². The number of aromatic amines is 1. The Kier molecular flexibility index (Phi) is 4.42. The molecule has 0 aliphatic carbocycles. The van der Waals surface area contributed by atoms with Crippen LogP contribution in [0.25, 0.3) is 33.5 Å². The number of amides is 1. The quantitative estimate of drug-likeness (QED) is 0.463. The second-order valence-electron chi connectivity index (χ2n) is 6.68. The topological polar surface area (TPSA) is 133 Å². The summed E-state index contributed by atoms with van der Waals surface area (Å²) in [6, 6.07) is 22.3. The Balaban J connectivity index is 1.53. The minimum Gasteiger partial charge on any atom is -0.355 e. The van der Waals surface area contributed by atoms with Gasteiger partial charge in [-0.3, -0.25) is 4.79 Å². The van der Waals surface area contributed by atoms with Gasteiger partial charge in [-0.25, -0.2) is 5.10 Å². The average Bonchev–Trinajstić information content (AvgIpc) is 3.50. The lowest BCUT2D eigenvalue weighted by Gasteiger charge is -2.08. The summed E-state index contributed by atoms with van der Waals surface area (Å²) in [6.07, 6.45) is 0. The summed E-state index contributed by atoms with van der Waals surface area (Å²) in [5.74, 6) is -0.133. The third kappa shape index (κ3) is 3.38. The molecule has 148 valence electrons. The van der Waals surface area contributed by atoms with Gasteiger partial charge < -0.3 is 9.84 Å². The van der Waals surface area contributed by atoms with E-state index in [4.69, 9.17) is 4.52 Å². The van der Waals surface area contributed by atoms with Gasteiger partial charge in [0.1, 0.15) is 0 Å². The molecule has 0 atom stereocenters. The Labute approximate surface area is 175 Å². The molecule has 0 aliphatic heterocycles. The first kappa shape index (κ1) is 18.2. The molecule has 9 heteroatoms. The lowest BCUT2D eigenvalue weighted by atomic mass is 10.0. The molecule has 9 nitrogen and oxygen atoms in total. The molecular weight excluding hydrogens is 394 g/mol. The molecule has 2 heterocycles. The highest BCUT2D eigenvalue weighted by atomic mass is 16.5. The summed E-state index contributed by atoms with van der Waals surface area (Å²) in [5, 5.41) is 30.2. The Hall–Kier alpha value is -4.84. The van der Waals surface area contributed by atoms with E-state index in [1.165, 1.54) is 0 Å². The van der Waals surface area contributed by atoms with Crippen molar-refractivity contribution in [1.29, 1.82) is 5.26 Å². The van der Waals surface area contributed by atoms with Crippen LogP contribution in [0, 0.1) is 11.3 Å². The predicted octanol–water partition coefficient (Wildman–Crippen LogP) is 3.80. The molecule has 0 saturated heterocycles. The van der Waals surface area contributed by atoms with Gasteiger partial charge >= 0.3 is 0 Å². The smallest absolute Gasteiger partial charge is 0.278 e. The molecule has 2 N–H and O–H groups in total. The van der Waals surface area contributed by atoms with Crippen molar-refractivity contribution in [3.63, 3.8) is 0 Å². The van der Waals surface area contributed by atoms with Crippen LogP contribution in [-0.4, -0.2) is 31.7 Å². The van der Waals surface area contributed by atoms with Crippen LogP contribution in [0.3, 0.4) is 0 Å². The van der Waals surface area contributed by atoms with Crippen LogP contribution in [0.4, 0.5) is 5.69 Å². The number of benzene rings is 3. The number of anilines is 1. The first-order valence-electron chi connectivity index (χ1n) is 9.27. The highest BCUT2D eigenvalue weighted by molar-refractivity contribution is 6.12. The van der Waals surface area contributed by atoms with Crippen molar-refractivity contribution in [2.24, 2.45) is 0 Å². The first-order valence-corrected chi connectivity index (χ1v) is 9.27. The lowest BCUT2D eigenvalue weighted by Crippen LogP contribution is -2.13. The number of aromatic nitrogens is 5. The van der Waals surface area contributed by atoms with E-state index in [2.05, 4.69) is 37.2 Å². The van der Waals surface area contributed by atoms with Gasteiger partial charge in [0.25, 0.3) is 5.91 Å². The third-order valence-corrected chi connectivity index (χ3v) is 4.79. The van der Waals surface area contributed by atoms with Gasteiger partial charge in [-0.05, 0) is 51.9 Å². The normalized spacial score (nSPS) is 10.7. The van der Waals surface area contributed by atoms with Crippen molar-refractivity contribution in [2.45, 2.75) is 0 Å². The average molecular weight is 407 g/mol. The maximum Gasteiger partial charge on any atom is 0.278 e. The van der Waals surface area contributed by atoms with Crippen LogP contribution in [0.1, 0.15) is 16.1 Å². The molecule has 0 saturated carbocycles. The molecule has 1 amide bonds. The second kappa shape index (κ2) is 7.53. The van der Waals surface area contributed by atoms with E-state index in [-0.39, 0.29) is 5.69 Å². The molecule has 0 unspecified atom stereocenters. The summed E-state index contributed by atoms with van der Waals surface area (Å²) in [4.78, 5) is 13.1.